The number of nitrogens with zero attached hydrogens (tertiary/aromatic N) is 2. The largest absolute Gasteiger partial charge is 0.496 e. The molecule has 1 N–H and O–H groups in total. The molecule has 0 unspecified atom stereocenters. The molecule has 0 saturated heterocycles. The second-order valence-electron chi connectivity index (χ2n) is 3.82. The van der Waals surface area contributed by atoms with Gasteiger partial charge in [0.25, 0.3) is 5.91 Å². The van der Waals surface area contributed by atoms with Crippen molar-refractivity contribution in [3.8, 4) is 5.75 Å². The maximum atomic E-state index is 12.0. The molecule has 0 bridgehead atoms. The number of hydrazone groups is 1. The van der Waals surface area contributed by atoms with Gasteiger partial charge in [-0.05, 0) is 35.9 Å². The summed E-state index contributed by atoms with van der Waals surface area (Å²) in [6.07, 6.45) is 4.85. The van der Waals surface area contributed by atoms with E-state index in [-0.39, 0.29) is 5.91 Å². The summed E-state index contributed by atoms with van der Waals surface area (Å²) >= 11 is 3.32. The number of carbonyl (C=O) groups is 1. The minimum atomic E-state index is -0.339. The van der Waals surface area contributed by atoms with Crippen LogP contribution in [-0.2, 0) is 0 Å². The number of benzene rings is 1. The molecule has 1 aromatic carbocycles. The van der Waals surface area contributed by atoms with Crippen LogP contribution in [0.1, 0.15) is 15.9 Å². The lowest BCUT2D eigenvalue weighted by atomic mass is 10.2. The first-order chi connectivity index (χ1) is 9.70. The molecule has 102 valence electrons. The Balaban J connectivity index is 2.09. The minimum absolute atomic E-state index is 0.339. The van der Waals surface area contributed by atoms with Crippen LogP contribution in [0.4, 0.5) is 0 Å². The van der Waals surface area contributed by atoms with Crippen LogP contribution < -0.4 is 10.2 Å². The molecule has 2 aromatic rings. The fourth-order valence-corrected chi connectivity index (χ4v) is 1.89. The van der Waals surface area contributed by atoms with Gasteiger partial charge in [0.2, 0.25) is 0 Å². The summed E-state index contributed by atoms with van der Waals surface area (Å²) in [5, 5.41) is 3.90. The third-order valence-electron chi connectivity index (χ3n) is 2.49. The van der Waals surface area contributed by atoms with Gasteiger partial charge < -0.3 is 4.74 Å². The van der Waals surface area contributed by atoms with Crippen molar-refractivity contribution in [1.29, 1.82) is 0 Å². The number of hydrogen-bond donors (Lipinski definition) is 1. The Bertz CT molecular complexity index is 630. The van der Waals surface area contributed by atoms with Crippen LogP contribution in [0.25, 0.3) is 0 Å². The zero-order valence-electron chi connectivity index (χ0n) is 10.7. The van der Waals surface area contributed by atoms with Crippen LogP contribution >= 0.6 is 15.9 Å². The van der Waals surface area contributed by atoms with E-state index in [1.165, 1.54) is 7.11 Å². The monoisotopic (exact) mass is 333 g/mol. The number of rotatable bonds is 4. The molecule has 0 aliphatic rings. The maximum Gasteiger partial charge on any atom is 0.275 e. The van der Waals surface area contributed by atoms with Crippen molar-refractivity contribution in [2.24, 2.45) is 5.10 Å². The first-order valence-electron chi connectivity index (χ1n) is 5.77. The van der Waals surface area contributed by atoms with E-state index in [2.05, 4.69) is 31.4 Å². The molecule has 5 nitrogen and oxygen atoms in total. The van der Waals surface area contributed by atoms with Crippen LogP contribution in [0.5, 0.6) is 5.75 Å². The van der Waals surface area contributed by atoms with Gasteiger partial charge in [-0.3, -0.25) is 9.78 Å². The van der Waals surface area contributed by atoms with E-state index in [0.717, 1.165) is 10.0 Å². The number of ether oxygens (including phenoxy) is 1. The smallest absolute Gasteiger partial charge is 0.275 e. The molecule has 0 saturated carbocycles. The summed E-state index contributed by atoms with van der Waals surface area (Å²) in [7, 11) is 1.51. The highest BCUT2D eigenvalue weighted by atomic mass is 79.9. The van der Waals surface area contributed by atoms with Crippen LogP contribution in [0.15, 0.2) is 52.3 Å². The zero-order valence-corrected chi connectivity index (χ0v) is 12.3. The number of pyridine rings is 1. The molecule has 0 spiro atoms. The summed E-state index contributed by atoms with van der Waals surface area (Å²) in [6.45, 7) is 0. The van der Waals surface area contributed by atoms with Crippen molar-refractivity contribution in [3.05, 3.63) is 58.3 Å². The van der Waals surface area contributed by atoms with Crippen LogP contribution in [0, 0.1) is 0 Å². The predicted molar refractivity (Wildman–Crippen MR) is 80.0 cm³/mol. The topological polar surface area (TPSA) is 63.6 Å². The molecule has 0 aliphatic carbocycles. The number of methoxy groups -OCH3 is 1. The van der Waals surface area contributed by atoms with Gasteiger partial charge in [0, 0.05) is 16.9 Å². The summed E-state index contributed by atoms with van der Waals surface area (Å²) in [5.74, 6) is 0.151. The minimum Gasteiger partial charge on any atom is -0.496 e. The Morgan fingerprint density at radius 3 is 2.80 bits per heavy atom. The van der Waals surface area contributed by atoms with E-state index >= 15 is 0 Å². The van der Waals surface area contributed by atoms with E-state index in [9.17, 15) is 4.79 Å². The number of aromatic nitrogens is 1. The number of carbonyl (C=O) groups excluding carboxylic acids is 1. The van der Waals surface area contributed by atoms with Crippen LogP contribution in [0.3, 0.4) is 0 Å². The Kier molecular flexibility index (Phi) is 4.84. The van der Waals surface area contributed by atoms with Crippen molar-refractivity contribution < 1.29 is 9.53 Å². The van der Waals surface area contributed by atoms with Crippen molar-refractivity contribution in [2.75, 3.05) is 7.11 Å². The third kappa shape index (κ3) is 3.64. The number of hydrogen-bond acceptors (Lipinski definition) is 4. The molecule has 0 aliphatic heterocycles. The van der Waals surface area contributed by atoms with Crippen molar-refractivity contribution in [2.45, 2.75) is 0 Å². The normalized spacial score (nSPS) is 10.5. The highest BCUT2D eigenvalue weighted by Crippen LogP contribution is 2.22. The summed E-state index contributed by atoms with van der Waals surface area (Å²) in [6, 6.07) is 8.77. The number of amides is 1. The average molecular weight is 334 g/mol. The second-order valence-corrected chi connectivity index (χ2v) is 4.74. The van der Waals surface area contributed by atoms with Gasteiger partial charge in [-0.15, -0.1) is 0 Å². The van der Waals surface area contributed by atoms with Crippen LogP contribution in [-0.4, -0.2) is 24.2 Å². The van der Waals surface area contributed by atoms with E-state index < -0.39 is 0 Å². The summed E-state index contributed by atoms with van der Waals surface area (Å²) < 4.78 is 5.94. The lowest BCUT2D eigenvalue weighted by Gasteiger charge is -2.07. The molecule has 0 atom stereocenters. The molecule has 0 fully saturated rings. The highest BCUT2D eigenvalue weighted by molar-refractivity contribution is 9.10. The standard InChI is InChI=1S/C14H12BrN3O2/c1-20-13-3-2-11(15)8-12(13)14(19)18-17-9-10-4-6-16-7-5-10/h2-9H,1H3,(H,18,19). The quantitative estimate of drug-likeness (QED) is 0.691. The molecule has 1 heterocycles. The SMILES string of the molecule is COc1ccc(Br)cc1C(=O)NN=Cc1ccncc1. The van der Waals surface area contributed by atoms with Gasteiger partial charge in [0.15, 0.2) is 0 Å². The van der Waals surface area contributed by atoms with Crippen molar-refractivity contribution in [3.63, 3.8) is 0 Å². The van der Waals surface area contributed by atoms with Gasteiger partial charge in [-0.25, -0.2) is 5.43 Å². The third-order valence-corrected chi connectivity index (χ3v) is 2.99. The van der Waals surface area contributed by atoms with Crippen molar-refractivity contribution in [1.82, 2.24) is 10.4 Å². The molecule has 1 amide bonds. The number of nitrogens with one attached hydrogen (secondary N) is 1. The lowest BCUT2D eigenvalue weighted by Crippen LogP contribution is -2.18. The van der Waals surface area contributed by atoms with Gasteiger partial charge in [-0.2, -0.15) is 5.10 Å². The molecule has 2 rings (SSSR count). The van der Waals surface area contributed by atoms with Gasteiger partial charge in [0.05, 0.1) is 18.9 Å². The van der Waals surface area contributed by atoms with Gasteiger partial charge >= 0.3 is 0 Å². The lowest BCUT2D eigenvalue weighted by molar-refractivity contribution is 0.0952. The first-order valence-corrected chi connectivity index (χ1v) is 6.57. The van der Waals surface area contributed by atoms with E-state index in [1.807, 2.05) is 0 Å². The van der Waals surface area contributed by atoms with E-state index in [4.69, 9.17) is 4.74 Å². The fraction of sp³-hybridized carbons (Fsp3) is 0.0714. The summed E-state index contributed by atoms with van der Waals surface area (Å²) in [4.78, 5) is 15.9. The maximum absolute atomic E-state index is 12.0. The van der Waals surface area contributed by atoms with Crippen molar-refractivity contribution >= 4 is 28.1 Å². The van der Waals surface area contributed by atoms with Crippen LogP contribution in [0.2, 0.25) is 0 Å². The summed E-state index contributed by atoms with van der Waals surface area (Å²) in [5.41, 5.74) is 3.72. The first kappa shape index (κ1) is 14.2. The average Bonchev–Trinajstić information content (AvgIpc) is 2.48. The zero-order chi connectivity index (χ0) is 14.4. The van der Waals surface area contributed by atoms with Gasteiger partial charge in [0.1, 0.15) is 5.75 Å². The molecular formula is C14H12BrN3O2. The van der Waals surface area contributed by atoms with Gasteiger partial charge in [-0.1, -0.05) is 15.9 Å². The second kappa shape index (κ2) is 6.81. The van der Waals surface area contributed by atoms with E-state index in [0.29, 0.717) is 11.3 Å². The number of halogens is 1. The molecule has 0 radical (unpaired) electrons. The Labute approximate surface area is 124 Å². The Morgan fingerprint density at radius 2 is 2.10 bits per heavy atom. The fourth-order valence-electron chi connectivity index (χ4n) is 1.53. The molecular weight excluding hydrogens is 322 g/mol. The highest BCUT2D eigenvalue weighted by Gasteiger charge is 2.11. The van der Waals surface area contributed by atoms with E-state index in [1.54, 1.807) is 48.9 Å². The Hall–Kier alpha value is -2.21. The molecule has 6 heteroatoms. The molecule has 1 aromatic heterocycles. The Morgan fingerprint density at radius 1 is 1.35 bits per heavy atom. The molecule has 20 heavy (non-hydrogen) atoms. The predicted octanol–water partition coefficient (Wildman–Crippen LogP) is 2.62.